The first kappa shape index (κ1) is 8.77. The van der Waals surface area contributed by atoms with Gasteiger partial charge in [-0.3, -0.25) is 10.2 Å². The highest BCUT2D eigenvalue weighted by atomic mass is 16.1. The molecule has 0 saturated carbocycles. The highest BCUT2D eigenvalue weighted by Gasteiger charge is 2.00. The molecule has 0 unspecified atom stereocenters. The molecular formula is C10H11N3O. The van der Waals surface area contributed by atoms with Crippen molar-refractivity contribution < 1.29 is 4.79 Å². The van der Waals surface area contributed by atoms with Gasteiger partial charge in [-0.2, -0.15) is 0 Å². The number of aromatic nitrogens is 1. The Balaban J connectivity index is 2.20. The molecule has 2 rings (SSSR count). The number of hydrogen-bond acceptors (Lipinski definition) is 2. The van der Waals surface area contributed by atoms with Gasteiger partial charge in [0.2, 0.25) is 6.41 Å². The molecule has 0 spiro atoms. The quantitative estimate of drug-likeness (QED) is 0.380. The summed E-state index contributed by atoms with van der Waals surface area (Å²) >= 11 is 0. The Hall–Kier alpha value is -1.81. The van der Waals surface area contributed by atoms with Crippen LogP contribution in [0.1, 0.15) is 5.56 Å². The molecule has 0 radical (unpaired) electrons. The summed E-state index contributed by atoms with van der Waals surface area (Å²) < 4.78 is 0. The zero-order chi connectivity index (χ0) is 9.80. The minimum Gasteiger partial charge on any atom is -0.361 e. The average Bonchev–Trinajstić information content (AvgIpc) is 2.63. The van der Waals surface area contributed by atoms with E-state index in [4.69, 9.17) is 0 Å². The molecule has 0 fully saturated rings. The van der Waals surface area contributed by atoms with E-state index in [1.807, 2.05) is 30.5 Å². The molecule has 1 amide bonds. The number of aromatic amines is 1. The zero-order valence-electron chi connectivity index (χ0n) is 7.58. The molecule has 14 heavy (non-hydrogen) atoms. The molecule has 0 aliphatic heterocycles. The number of rotatable bonds is 4. The molecule has 2 aromatic rings. The molecule has 3 N–H and O–H groups in total. The van der Waals surface area contributed by atoms with Gasteiger partial charge in [0.05, 0.1) is 0 Å². The predicted octanol–water partition coefficient (Wildman–Crippen LogP) is 0.918. The van der Waals surface area contributed by atoms with Gasteiger partial charge in [-0.1, -0.05) is 18.2 Å². The number of para-hydroxylation sites is 1. The molecule has 4 nitrogen and oxygen atoms in total. The Morgan fingerprint density at radius 1 is 1.36 bits per heavy atom. The van der Waals surface area contributed by atoms with Crippen LogP contribution in [0.2, 0.25) is 0 Å². The molecule has 1 aromatic heterocycles. The van der Waals surface area contributed by atoms with E-state index >= 15 is 0 Å². The van der Waals surface area contributed by atoms with Gasteiger partial charge in [-0.25, -0.2) is 5.43 Å². The third-order valence-electron chi connectivity index (χ3n) is 2.11. The zero-order valence-corrected chi connectivity index (χ0v) is 7.58. The fourth-order valence-electron chi connectivity index (χ4n) is 1.47. The lowest BCUT2D eigenvalue weighted by atomic mass is 10.2. The first-order valence-corrected chi connectivity index (χ1v) is 4.39. The maximum absolute atomic E-state index is 10.0. The van der Waals surface area contributed by atoms with Crippen LogP contribution in [-0.4, -0.2) is 11.4 Å². The van der Waals surface area contributed by atoms with E-state index in [2.05, 4.69) is 15.8 Å². The van der Waals surface area contributed by atoms with Gasteiger partial charge >= 0.3 is 0 Å². The standard InChI is InChI=1S/C10H11N3O/c14-7-13-12-6-8-5-11-10-4-2-1-3-9(8)10/h1-5,7,11-12H,6H2,(H,13,14). The normalized spacial score (nSPS) is 10.3. The highest BCUT2D eigenvalue weighted by molar-refractivity contribution is 5.82. The number of nitrogens with one attached hydrogen (secondary N) is 3. The summed E-state index contributed by atoms with van der Waals surface area (Å²) in [5, 5.41) is 1.17. The fourth-order valence-corrected chi connectivity index (χ4v) is 1.47. The second-order valence-corrected chi connectivity index (χ2v) is 2.98. The van der Waals surface area contributed by atoms with Crippen LogP contribution in [-0.2, 0) is 11.3 Å². The first-order valence-electron chi connectivity index (χ1n) is 4.39. The second-order valence-electron chi connectivity index (χ2n) is 2.98. The van der Waals surface area contributed by atoms with E-state index in [1.54, 1.807) is 0 Å². The Kier molecular flexibility index (Phi) is 2.46. The maximum Gasteiger partial charge on any atom is 0.221 e. The van der Waals surface area contributed by atoms with Crippen molar-refractivity contribution in [2.24, 2.45) is 0 Å². The van der Waals surface area contributed by atoms with Crippen molar-refractivity contribution in [1.29, 1.82) is 0 Å². The van der Waals surface area contributed by atoms with Crippen molar-refractivity contribution in [3.8, 4) is 0 Å². The molecule has 0 bridgehead atoms. The van der Waals surface area contributed by atoms with Gasteiger partial charge in [-0.15, -0.1) is 0 Å². The number of benzene rings is 1. The minimum atomic E-state index is 0.614. The van der Waals surface area contributed by atoms with Crippen molar-refractivity contribution in [1.82, 2.24) is 15.8 Å². The van der Waals surface area contributed by atoms with Crippen LogP contribution in [0, 0.1) is 0 Å². The lowest BCUT2D eigenvalue weighted by Crippen LogP contribution is -2.29. The molecule has 0 saturated heterocycles. The Morgan fingerprint density at radius 3 is 3.07 bits per heavy atom. The van der Waals surface area contributed by atoms with Crippen LogP contribution in [0.5, 0.6) is 0 Å². The van der Waals surface area contributed by atoms with Crippen molar-refractivity contribution in [3.05, 3.63) is 36.0 Å². The number of carbonyl (C=O) groups excluding carboxylic acids is 1. The SMILES string of the molecule is O=CNNCc1c[nH]c2ccccc12. The van der Waals surface area contributed by atoms with E-state index < -0.39 is 0 Å². The van der Waals surface area contributed by atoms with Crippen LogP contribution < -0.4 is 10.9 Å². The van der Waals surface area contributed by atoms with Gasteiger partial charge in [0.25, 0.3) is 0 Å². The van der Waals surface area contributed by atoms with Crippen LogP contribution in [0.4, 0.5) is 0 Å². The van der Waals surface area contributed by atoms with Gasteiger partial charge in [-0.05, 0) is 11.6 Å². The molecule has 0 atom stereocenters. The molecule has 72 valence electrons. The van der Waals surface area contributed by atoms with Gasteiger partial charge in [0.15, 0.2) is 0 Å². The topological polar surface area (TPSA) is 56.9 Å². The van der Waals surface area contributed by atoms with Crippen molar-refractivity contribution in [2.45, 2.75) is 6.54 Å². The van der Waals surface area contributed by atoms with Gasteiger partial charge in [0, 0.05) is 23.6 Å². The van der Waals surface area contributed by atoms with Crippen molar-refractivity contribution in [2.75, 3.05) is 0 Å². The van der Waals surface area contributed by atoms with Gasteiger partial charge in [0.1, 0.15) is 0 Å². The summed E-state index contributed by atoms with van der Waals surface area (Å²) in [4.78, 5) is 13.2. The molecule has 1 aromatic carbocycles. The van der Waals surface area contributed by atoms with E-state index in [1.165, 1.54) is 5.39 Å². The first-order chi connectivity index (χ1) is 6.92. The monoisotopic (exact) mass is 189 g/mol. The van der Waals surface area contributed by atoms with E-state index in [9.17, 15) is 4.79 Å². The molecule has 0 aliphatic rings. The average molecular weight is 189 g/mol. The Bertz CT molecular complexity index is 436. The van der Waals surface area contributed by atoms with Crippen LogP contribution in [0.15, 0.2) is 30.5 Å². The molecular weight excluding hydrogens is 178 g/mol. The minimum absolute atomic E-state index is 0.614. The van der Waals surface area contributed by atoms with Gasteiger partial charge < -0.3 is 4.98 Å². The molecule has 4 heteroatoms. The number of fused-ring (bicyclic) bond motifs is 1. The summed E-state index contributed by atoms with van der Waals surface area (Å²) in [5.74, 6) is 0. The van der Waals surface area contributed by atoms with E-state index in [0.717, 1.165) is 11.1 Å². The number of amides is 1. The lowest BCUT2D eigenvalue weighted by molar-refractivity contribution is -0.110. The predicted molar refractivity (Wildman–Crippen MR) is 54.3 cm³/mol. The Morgan fingerprint density at radius 2 is 2.21 bits per heavy atom. The van der Waals surface area contributed by atoms with E-state index in [-0.39, 0.29) is 0 Å². The number of hydrazine groups is 1. The number of hydrogen-bond donors (Lipinski definition) is 3. The number of H-pyrrole nitrogens is 1. The fraction of sp³-hybridized carbons (Fsp3) is 0.100. The maximum atomic E-state index is 10.0. The summed E-state index contributed by atoms with van der Waals surface area (Å²) in [7, 11) is 0. The smallest absolute Gasteiger partial charge is 0.221 e. The largest absolute Gasteiger partial charge is 0.361 e. The van der Waals surface area contributed by atoms with Crippen LogP contribution in [0.3, 0.4) is 0 Å². The second kappa shape index (κ2) is 3.93. The van der Waals surface area contributed by atoms with Crippen molar-refractivity contribution >= 4 is 17.3 Å². The third kappa shape index (κ3) is 1.60. The van der Waals surface area contributed by atoms with E-state index in [0.29, 0.717) is 13.0 Å². The highest BCUT2D eigenvalue weighted by Crippen LogP contribution is 2.16. The molecule has 0 aliphatic carbocycles. The Labute approximate surface area is 81.3 Å². The summed E-state index contributed by atoms with van der Waals surface area (Å²) in [5.41, 5.74) is 7.44. The summed E-state index contributed by atoms with van der Waals surface area (Å²) in [6, 6.07) is 8.04. The number of carbonyl (C=O) groups is 1. The third-order valence-corrected chi connectivity index (χ3v) is 2.11. The van der Waals surface area contributed by atoms with Crippen LogP contribution >= 0.6 is 0 Å². The van der Waals surface area contributed by atoms with Crippen molar-refractivity contribution in [3.63, 3.8) is 0 Å². The lowest BCUT2D eigenvalue weighted by Gasteiger charge is -2.00. The summed E-state index contributed by atoms with van der Waals surface area (Å²) in [6.45, 7) is 0.614. The molecule has 1 heterocycles. The summed E-state index contributed by atoms with van der Waals surface area (Å²) in [6.07, 6.45) is 2.55. The van der Waals surface area contributed by atoms with Crippen LogP contribution in [0.25, 0.3) is 10.9 Å².